The van der Waals surface area contributed by atoms with Crippen LogP contribution in [-0.4, -0.2) is 26.6 Å². The van der Waals surface area contributed by atoms with E-state index in [9.17, 15) is 0 Å². The summed E-state index contributed by atoms with van der Waals surface area (Å²) >= 11 is 0. The Morgan fingerprint density at radius 3 is 2.60 bits per heavy atom. The Morgan fingerprint density at radius 2 is 2.10 bits per heavy atom. The van der Waals surface area contributed by atoms with Gasteiger partial charge in [-0.1, -0.05) is 0 Å². The van der Waals surface area contributed by atoms with E-state index in [0.717, 1.165) is 26.1 Å². The van der Waals surface area contributed by atoms with Crippen LogP contribution in [0.1, 0.15) is 12.8 Å². The molecule has 0 aromatic rings. The first-order valence-corrected chi connectivity index (χ1v) is 3.70. The SMILES string of the molecule is COC(N)C1CCOCC1. The van der Waals surface area contributed by atoms with Gasteiger partial charge in [-0.2, -0.15) is 0 Å². The van der Waals surface area contributed by atoms with Crippen molar-refractivity contribution in [1.82, 2.24) is 0 Å². The standard InChI is InChI=1S/C7H15NO2/c1-9-7(8)6-2-4-10-5-3-6/h6-7H,2-5,8H2,1H3. The average molecular weight is 145 g/mol. The zero-order valence-corrected chi connectivity index (χ0v) is 6.38. The molecule has 1 aliphatic heterocycles. The molecule has 1 rings (SSSR count). The van der Waals surface area contributed by atoms with Crippen LogP contribution >= 0.6 is 0 Å². The quantitative estimate of drug-likeness (QED) is 0.570. The van der Waals surface area contributed by atoms with E-state index in [0.29, 0.717) is 5.92 Å². The smallest absolute Gasteiger partial charge is 0.108 e. The zero-order chi connectivity index (χ0) is 7.40. The Bertz CT molecular complexity index is 91.6. The van der Waals surface area contributed by atoms with Crippen LogP contribution in [0.25, 0.3) is 0 Å². The highest BCUT2D eigenvalue weighted by molar-refractivity contribution is 4.67. The number of methoxy groups -OCH3 is 1. The summed E-state index contributed by atoms with van der Waals surface area (Å²) in [6.07, 6.45) is 1.98. The molecule has 1 atom stereocenters. The van der Waals surface area contributed by atoms with Gasteiger partial charge in [0.05, 0.1) is 0 Å². The molecule has 60 valence electrons. The Hall–Kier alpha value is -0.120. The molecule has 0 amide bonds. The summed E-state index contributed by atoms with van der Waals surface area (Å²) in [5, 5.41) is 0. The first-order valence-electron chi connectivity index (χ1n) is 3.70. The molecule has 0 aromatic carbocycles. The van der Waals surface area contributed by atoms with Gasteiger partial charge >= 0.3 is 0 Å². The maximum Gasteiger partial charge on any atom is 0.108 e. The van der Waals surface area contributed by atoms with Crippen molar-refractivity contribution in [1.29, 1.82) is 0 Å². The van der Waals surface area contributed by atoms with E-state index in [1.807, 2.05) is 0 Å². The lowest BCUT2D eigenvalue weighted by atomic mass is 9.99. The molecule has 1 fully saturated rings. The van der Waals surface area contributed by atoms with E-state index >= 15 is 0 Å². The van der Waals surface area contributed by atoms with Crippen molar-refractivity contribution in [3.63, 3.8) is 0 Å². The summed E-state index contributed by atoms with van der Waals surface area (Å²) in [6.45, 7) is 1.67. The molecule has 0 bridgehead atoms. The minimum absolute atomic E-state index is 0.0936. The van der Waals surface area contributed by atoms with Crippen LogP contribution in [0.3, 0.4) is 0 Å². The number of nitrogens with two attached hydrogens (primary N) is 1. The second-order valence-electron chi connectivity index (χ2n) is 2.65. The first kappa shape index (κ1) is 7.98. The summed E-state index contributed by atoms with van der Waals surface area (Å²) in [4.78, 5) is 0. The van der Waals surface area contributed by atoms with Gasteiger partial charge in [0, 0.05) is 26.2 Å². The molecule has 2 N–H and O–H groups in total. The van der Waals surface area contributed by atoms with Gasteiger partial charge in [0.25, 0.3) is 0 Å². The molecule has 0 aliphatic carbocycles. The fraction of sp³-hybridized carbons (Fsp3) is 1.00. The highest BCUT2D eigenvalue weighted by atomic mass is 16.5. The van der Waals surface area contributed by atoms with Crippen LogP contribution in [0.5, 0.6) is 0 Å². The van der Waals surface area contributed by atoms with Gasteiger partial charge in [-0.25, -0.2) is 0 Å². The fourth-order valence-electron chi connectivity index (χ4n) is 1.24. The van der Waals surface area contributed by atoms with E-state index in [1.165, 1.54) is 0 Å². The summed E-state index contributed by atoms with van der Waals surface area (Å²) < 4.78 is 10.2. The lowest BCUT2D eigenvalue weighted by molar-refractivity contribution is -0.0101. The summed E-state index contributed by atoms with van der Waals surface area (Å²) in [7, 11) is 1.65. The molecule has 0 radical (unpaired) electrons. The molecule has 0 aromatic heterocycles. The number of ether oxygens (including phenoxy) is 2. The van der Waals surface area contributed by atoms with Crippen molar-refractivity contribution in [2.45, 2.75) is 19.1 Å². The van der Waals surface area contributed by atoms with Crippen LogP contribution in [0.15, 0.2) is 0 Å². The predicted molar refractivity (Wildman–Crippen MR) is 38.5 cm³/mol. The Morgan fingerprint density at radius 1 is 1.50 bits per heavy atom. The molecule has 1 aliphatic rings. The molecule has 1 heterocycles. The second kappa shape index (κ2) is 3.91. The molecule has 10 heavy (non-hydrogen) atoms. The van der Waals surface area contributed by atoms with Crippen molar-refractivity contribution in [2.24, 2.45) is 11.7 Å². The predicted octanol–water partition coefficient (Wildman–Crippen LogP) is 0.344. The highest BCUT2D eigenvalue weighted by Gasteiger charge is 2.19. The lowest BCUT2D eigenvalue weighted by Crippen LogP contribution is -2.35. The molecular weight excluding hydrogens is 130 g/mol. The lowest BCUT2D eigenvalue weighted by Gasteiger charge is -2.26. The second-order valence-corrected chi connectivity index (χ2v) is 2.65. The van der Waals surface area contributed by atoms with Crippen LogP contribution in [0.2, 0.25) is 0 Å². The van der Waals surface area contributed by atoms with Gasteiger partial charge in [0.2, 0.25) is 0 Å². The normalized spacial score (nSPS) is 24.6. The molecule has 3 nitrogen and oxygen atoms in total. The Kier molecular flexibility index (Phi) is 3.12. The van der Waals surface area contributed by atoms with E-state index < -0.39 is 0 Å². The summed E-state index contributed by atoms with van der Waals surface area (Å²) in [6, 6.07) is 0. The van der Waals surface area contributed by atoms with Gasteiger partial charge in [-0.15, -0.1) is 0 Å². The van der Waals surface area contributed by atoms with Crippen LogP contribution in [0.4, 0.5) is 0 Å². The van der Waals surface area contributed by atoms with Crippen molar-refractivity contribution in [3.8, 4) is 0 Å². The van der Waals surface area contributed by atoms with E-state index in [-0.39, 0.29) is 6.23 Å². The maximum absolute atomic E-state index is 5.67. The van der Waals surface area contributed by atoms with Gasteiger partial charge in [-0.05, 0) is 12.8 Å². The molecular formula is C7H15NO2. The van der Waals surface area contributed by atoms with E-state index in [4.69, 9.17) is 15.2 Å². The van der Waals surface area contributed by atoms with Crippen LogP contribution in [-0.2, 0) is 9.47 Å². The van der Waals surface area contributed by atoms with Gasteiger partial charge in [-0.3, -0.25) is 0 Å². The van der Waals surface area contributed by atoms with E-state index in [1.54, 1.807) is 7.11 Å². The summed E-state index contributed by atoms with van der Waals surface area (Å²) in [5.74, 6) is 0.499. The zero-order valence-electron chi connectivity index (χ0n) is 6.38. The molecule has 1 saturated heterocycles. The third-order valence-corrected chi connectivity index (χ3v) is 2.00. The van der Waals surface area contributed by atoms with Crippen LogP contribution < -0.4 is 5.73 Å². The van der Waals surface area contributed by atoms with Gasteiger partial charge in [0.15, 0.2) is 0 Å². The number of hydrogen-bond acceptors (Lipinski definition) is 3. The van der Waals surface area contributed by atoms with Crippen LogP contribution in [0, 0.1) is 5.92 Å². The molecule has 0 spiro atoms. The Labute approximate surface area is 61.5 Å². The minimum atomic E-state index is -0.0936. The highest BCUT2D eigenvalue weighted by Crippen LogP contribution is 2.17. The largest absolute Gasteiger partial charge is 0.381 e. The number of rotatable bonds is 2. The van der Waals surface area contributed by atoms with E-state index in [2.05, 4.69) is 0 Å². The van der Waals surface area contributed by atoms with Crippen molar-refractivity contribution >= 4 is 0 Å². The Balaban J connectivity index is 2.24. The minimum Gasteiger partial charge on any atom is -0.381 e. The van der Waals surface area contributed by atoms with Crippen molar-refractivity contribution in [2.75, 3.05) is 20.3 Å². The molecule has 1 unspecified atom stereocenters. The van der Waals surface area contributed by atoms with Crippen molar-refractivity contribution < 1.29 is 9.47 Å². The third kappa shape index (κ3) is 1.94. The molecule has 0 saturated carbocycles. The van der Waals surface area contributed by atoms with Gasteiger partial charge in [0.1, 0.15) is 6.23 Å². The molecule has 3 heteroatoms. The topological polar surface area (TPSA) is 44.5 Å². The first-order chi connectivity index (χ1) is 4.84. The van der Waals surface area contributed by atoms with Crippen molar-refractivity contribution in [3.05, 3.63) is 0 Å². The monoisotopic (exact) mass is 145 g/mol. The summed E-state index contributed by atoms with van der Waals surface area (Å²) in [5.41, 5.74) is 5.67. The third-order valence-electron chi connectivity index (χ3n) is 2.00. The number of hydrogen-bond donors (Lipinski definition) is 1. The fourth-order valence-corrected chi connectivity index (χ4v) is 1.24. The average Bonchev–Trinajstić information content (AvgIpc) is 2.05. The maximum atomic E-state index is 5.67. The van der Waals surface area contributed by atoms with Gasteiger partial charge < -0.3 is 15.2 Å².